The molecule has 0 amide bonds. The quantitative estimate of drug-likeness (QED) is 0.761. The third kappa shape index (κ3) is 4.31. The third-order valence-corrected chi connectivity index (χ3v) is 5.87. The molecule has 0 aromatic heterocycles. The van der Waals surface area contributed by atoms with Crippen molar-refractivity contribution in [2.45, 2.75) is 25.2 Å². The summed E-state index contributed by atoms with van der Waals surface area (Å²) in [6.07, 6.45) is 0.810. The van der Waals surface area contributed by atoms with Gasteiger partial charge in [-0.25, -0.2) is 13.2 Å². The second kappa shape index (κ2) is 7.90. The number of likely N-dealkylation sites (N-methyl/N-ethyl adjacent to an activating group) is 1. The van der Waals surface area contributed by atoms with E-state index in [0.717, 1.165) is 26.1 Å². The van der Waals surface area contributed by atoms with Gasteiger partial charge < -0.3 is 9.64 Å². The van der Waals surface area contributed by atoms with Crippen molar-refractivity contribution in [3.8, 4) is 0 Å². The summed E-state index contributed by atoms with van der Waals surface area (Å²) in [5.41, 5.74) is 0.262. The van der Waals surface area contributed by atoms with E-state index in [9.17, 15) is 13.2 Å². The predicted molar refractivity (Wildman–Crippen MR) is 87.9 cm³/mol. The van der Waals surface area contributed by atoms with Crippen molar-refractivity contribution >= 4 is 16.0 Å². The van der Waals surface area contributed by atoms with Crippen molar-refractivity contribution in [1.82, 2.24) is 9.21 Å². The smallest absolute Gasteiger partial charge is 0.338 e. The normalized spacial score (nSPS) is 17.7. The van der Waals surface area contributed by atoms with Crippen molar-refractivity contribution in [2.24, 2.45) is 0 Å². The highest BCUT2D eigenvalue weighted by molar-refractivity contribution is 7.89. The molecular formula is C16H24N2O4S. The maximum absolute atomic E-state index is 12.8. The number of ether oxygens (including phenoxy) is 1. The first kappa shape index (κ1) is 17.9. The summed E-state index contributed by atoms with van der Waals surface area (Å²) in [7, 11) is -3.59. The minimum atomic E-state index is -3.59. The molecule has 1 aliphatic heterocycles. The van der Waals surface area contributed by atoms with E-state index in [1.54, 1.807) is 19.1 Å². The van der Waals surface area contributed by atoms with Crippen LogP contribution in [0.5, 0.6) is 0 Å². The molecule has 7 heteroatoms. The lowest BCUT2D eigenvalue weighted by molar-refractivity contribution is 0.0526. The SMILES string of the molecule is CCOC(=O)c1cccc(S(=O)(=O)N2CCCN(CC)CC2)c1. The minimum Gasteiger partial charge on any atom is -0.462 e. The molecule has 1 aromatic rings. The van der Waals surface area contributed by atoms with Crippen LogP contribution in [0.3, 0.4) is 0 Å². The van der Waals surface area contributed by atoms with Crippen LogP contribution in [0.15, 0.2) is 29.2 Å². The number of nitrogens with zero attached hydrogens (tertiary/aromatic N) is 2. The molecule has 0 spiro atoms. The molecule has 0 saturated carbocycles. The van der Waals surface area contributed by atoms with E-state index in [0.29, 0.717) is 13.1 Å². The molecule has 0 N–H and O–H groups in total. The van der Waals surface area contributed by atoms with Crippen LogP contribution in [0, 0.1) is 0 Å². The molecule has 1 heterocycles. The fourth-order valence-corrected chi connectivity index (χ4v) is 4.17. The van der Waals surface area contributed by atoms with Crippen LogP contribution in [-0.2, 0) is 14.8 Å². The lowest BCUT2D eigenvalue weighted by Gasteiger charge is -2.21. The Kier molecular flexibility index (Phi) is 6.15. The average Bonchev–Trinajstić information content (AvgIpc) is 2.81. The highest BCUT2D eigenvalue weighted by Crippen LogP contribution is 2.19. The van der Waals surface area contributed by atoms with Gasteiger partial charge in [0.25, 0.3) is 0 Å². The number of esters is 1. The lowest BCUT2D eigenvalue weighted by Crippen LogP contribution is -2.35. The van der Waals surface area contributed by atoms with Gasteiger partial charge >= 0.3 is 5.97 Å². The van der Waals surface area contributed by atoms with Gasteiger partial charge in [-0.1, -0.05) is 13.0 Å². The number of hydrogen-bond donors (Lipinski definition) is 0. The molecular weight excluding hydrogens is 316 g/mol. The first-order chi connectivity index (χ1) is 11.0. The van der Waals surface area contributed by atoms with Gasteiger partial charge in [-0.2, -0.15) is 4.31 Å². The van der Waals surface area contributed by atoms with Crippen LogP contribution in [0.25, 0.3) is 0 Å². The number of rotatable bonds is 5. The van der Waals surface area contributed by atoms with E-state index in [4.69, 9.17) is 4.74 Å². The zero-order valence-electron chi connectivity index (χ0n) is 13.7. The zero-order chi connectivity index (χ0) is 16.9. The molecule has 1 fully saturated rings. The molecule has 1 aromatic carbocycles. The fourth-order valence-electron chi connectivity index (χ4n) is 2.65. The number of hydrogen-bond acceptors (Lipinski definition) is 5. The molecule has 0 atom stereocenters. The minimum absolute atomic E-state index is 0.146. The van der Waals surface area contributed by atoms with Gasteiger partial charge in [0.15, 0.2) is 0 Å². The summed E-state index contributed by atoms with van der Waals surface area (Å²) < 4.78 is 32.1. The maximum atomic E-state index is 12.8. The van der Waals surface area contributed by atoms with Crippen LogP contribution in [0.2, 0.25) is 0 Å². The van der Waals surface area contributed by atoms with E-state index in [1.165, 1.54) is 16.4 Å². The molecule has 1 saturated heterocycles. The summed E-state index contributed by atoms with van der Waals surface area (Å²) >= 11 is 0. The Bertz CT molecular complexity index is 645. The Balaban J connectivity index is 2.22. The van der Waals surface area contributed by atoms with Crippen LogP contribution in [0.4, 0.5) is 0 Å². The summed E-state index contributed by atoms with van der Waals surface area (Å²) in [6.45, 7) is 7.59. The highest BCUT2D eigenvalue weighted by atomic mass is 32.2. The van der Waals surface area contributed by atoms with Gasteiger partial charge in [0.2, 0.25) is 10.0 Å². The Morgan fingerprint density at radius 1 is 1.17 bits per heavy atom. The molecule has 0 radical (unpaired) electrons. The summed E-state index contributed by atoms with van der Waals surface area (Å²) in [5, 5.41) is 0. The third-order valence-electron chi connectivity index (χ3n) is 3.98. The van der Waals surface area contributed by atoms with Crippen molar-refractivity contribution in [2.75, 3.05) is 39.3 Å². The molecule has 6 nitrogen and oxygen atoms in total. The standard InChI is InChI=1S/C16H24N2O4S/c1-3-17-9-6-10-18(12-11-17)23(20,21)15-8-5-7-14(13-15)16(19)22-4-2/h5,7-8,13H,3-4,6,9-12H2,1-2H3. The van der Waals surface area contributed by atoms with Gasteiger partial charge in [0, 0.05) is 19.6 Å². The van der Waals surface area contributed by atoms with Gasteiger partial charge in [0.05, 0.1) is 17.1 Å². The Hall–Kier alpha value is -1.44. The summed E-state index contributed by atoms with van der Waals surface area (Å²) in [5.74, 6) is -0.502. The Morgan fingerprint density at radius 2 is 1.96 bits per heavy atom. The van der Waals surface area contributed by atoms with Crippen molar-refractivity contribution < 1.29 is 17.9 Å². The Morgan fingerprint density at radius 3 is 2.65 bits per heavy atom. The molecule has 0 unspecified atom stereocenters. The summed E-state index contributed by atoms with van der Waals surface area (Å²) in [6, 6.07) is 6.07. The second-order valence-corrected chi connectivity index (χ2v) is 7.38. The number of sulfonamides is 1. The van der Waals surface area contributed by atoms with Crippen molar-refractivity contribution in [3.05, 3.63) is 29.8 Å². The van der Waals surface area contributed by atoms with E-state index in [-0.39, 0.29) is 17.1 Å². The number of carbonyl (C=O) groups excluding carboxylic acids is 1. The lowest BCUT2D eigenvalue weighted by atomic mass is 10.2. The molecule has 1 aliphatic rings. The van der Waals surface area contributed by atoms with Crippen LogP contribution in [-0.4, -0.2) is 62.9 Å². The Labute approximate surface area is 138 Å². The zero-order valence-corrected chi connectivity index (χ0v) is 14.5. The van der Waals surface area contributed by atoms with E-state index in [1.807, 2.05) is 0 Å². The topological polar surface area (TPSA) is 66.9 Å². The molecule has 0 aliphatic carbocycles. The summed E-state index contributed by atoms with van der Waals surface area (Å²) in [4.78, 5) is 14.2. The number of carbonyl (C=O) groups is 1. The predicted octanol–water partition coefficient (Wildman–Crippen LogP) is 1.58. The van der Waals surface area contributed by atoms with Crippen LogP contribution in [0.1, 0.15) is 30.6 Å². The largest absolute Gasteiger partial charge is 0.462 e. The maximum Gasteiger partial charge on any atom is 0.338 e. The van der Waals surface area contributed by atoms with E-state index >= 15 is 0 Å². The fraction of sp³-hybridized carbons (Fsp3) is 0.562. The molecule has 23 heavy (non-hydrogen) atoms. The van der Waals surface area contributed by atoms with Crippen molar-refractivity contribution in [1.29, 1.82) is 0 Å². The van der Waals surface area contributed by atoms with Gasteiger partial charge in [-0.3, -0.25) is 0 Å². The van der Waals surface area contributed by atoms with Crippen LogP contribution >= 0.6 is 0 Å². The first-order valence-electron chi connectivity index (χ1n) is 7.98. The van der Waals surface area contributed by atoms with Crippen LogP contribution < -0.4 is 0 Å². The molecule has 2 rings (SSSR count). The monoisotopic (exact) mass is 340 g/mol. The van der Waals surface area contributed by atoms with E-state index in [2.05, 4.69) is 11.8 Å². The van der Waals surface area contributed by atoms with Gasteiger partial charge in [-0.05, 0) is 44.6 Å². The molecule has 0 bridgehead atoms. The van der Waals surface area contributed by atoms with Crippen molar-refractivity contribution in [3.63, 3.8) is 0 Å². The van der Waals surface area contributed by atoms with Gasteiger partial charge in [0.1, 0.15) is 0 Å². The number of benzene rings is 1. The first-order valence-corrected chi connectivity index (χ1v) is 9.42. The van der Waals surface area contributed by atoms with E-state index < -0.39 is 16.0 Å². The second-order valence-electron chi connectivity index (χ2n) is 5.44. The van der Waals surface area contributed by atoms with Gasteiger partial charge in [-0.15, -0.1) is 0 Å². The molecule has 128 valence electrons. The average molecular weight is 340 g/mol. The highest BCUT2D eigenvalue weighted by Gasteiger charge is 2.27.